The van der Waals surface area contributed by atoms with Gasteiger partial charge >= 0.3 is 6.18 Å². The van der Waals surface area contributed by atoms with Crippen LogP contribution in [0, 0.1) is 11.7 Å². The van der Waals surface area contributed by atoms with Crippen LogP contribution in [0.25, 0.3) is 0 Å². The minimum absolute atomic E-state index is 0.0123. The van der Waals surface area contributed by atoms with Gasteiger partial charge in [0.2, 0.25) is 0 Å². The van der Waals surface area contributed by atoms with Crippen molar-refractivity contribution in [1.82, 2.24) is 9.03 Å². The Hall–Kier alpha value is -2.15. The minimum atomic E-state index is -4.48. The molecule has 1 aliphatic heterocycles. The van der Waals surface area contributed by atoms with Crippen LogP contribution >= 0.6 is 24.1 Å². The molecule has 0 spiro atoms. The highest BCUT2D eigenvalue weighted by molar-refractivity contribution is 7.98. The number of amides is 1. The smallest absolute Gasteiger partial charge is 0.416 e. The molecule has 1 aliphatic carbocycles. The average molecular weight is 546 g/mol. The Morgan fingerprint density at radius 1 is 1.19 bits per heavy atom. The lowest BCUT2D eigenvalue weighted by Gasteiger charge is -2.32. The predicted octanol–water partition coefficient (Wildman–Crippen LogP) is 6.28. The van der Waals surface area contributed by atoms with Crippen LogP contribution in [0.2, 0.25) is 0 Å². The molecule has 6 nitrogen and oxygen atoms in total. The van der Waals surface area contributed by atoms with E-state index in [9.17, 15) is 27.6 Å². The summed E-state index contributed by atoms with van der Waals surface area (Å²) in [5.74, 6) is -0.145. The van der Waals surface area contributed by atoms with Crippen molar-refractivity contribution in [3.05, 3.63) is 58.9 Å². The number of rotatable bonds is 9. The molecule has 196 valence electrons. The maximum Gasteiger partial charge on any atom is 0.416 e. The summed E-state index contributed by atoms with van der Waals surface area (Å²) in [6, 6.07) is 7.42. The van der Waals surface area contributed by atoms with E-state index in [0.717, 1.165) is 71.9 Å². The van der Waals surface area contributed by atoms with Crippen LogP contribution in [0.4, 0.5) is 23.2 Å². The number of benzene rings is 2. The largest absolute Gasteiger partial charge is 0.493 e. The quantitative estimate of drug-likeness (QED) is 0.218. The van der Waals surface area contributed by atoms with E-state index in [1.54, 1.807) is 12.3 Å². The number of alkyl halides is 3. The predicted molar refractivity (Wildman–Crippen MR) is 132 cm³/mol. The molecule has 1 heterocycles. The molecule has 1 amide bonds. The van der Waals surface area contributed by atoms with Gasteiger partial charge in [0.1, 0.15) is 11.6 Å². The Morgan fingerprint density at radius 2 is 1.92 bits per heavy atom. The SMILES string of the molecule is CSNC(=O)c1cc(C2CC2)c(OCC2CCN(SN(O)c3cccc(C(F)(F)F)c3)CC2)cc1F. The second-order valence-corrected chi connectivity index (χ2v) is 10.5. The van der Waals surface area contributed by atoms with Gasteiger partial charge in [0.05, 0.1) is 35.6 Å². The van der Waals surface area contributed by atoms with E-state index in [-0.39, 0.29) is 23.1 Å². The Bertz CT molecular complexity index is 1080. The summed E-state index contributed by atoms with van der Waals surface area (Å²) in [7, 11) is 0. The summed E-state index contributed by atoms with van der Waals surface area (Å²) >= 11 is 2.07. The highest BCUT2D eigenvalue weighted by Crippen LogP contribution is 2.45. The zero-order valence-electron chi connectivity index (χ0n) is 19.6. The van der Waals surface area contributed by atoms with Crippen molar-refractivity contribution < 1.29 is 32.3 Å². The number of halogens is 4. The van der Waals surface area contributed by atoms with Crippen molar-refractivity contribution in [3.63, 3.8) is 0 Å². The van der Waals surface area contributed by atoms with Crippen molar-refractivity contribution in [2.24, 2.45) is 5.92 Å². The molecule has 1 saturated heterocycles. The molecular formula is C24H27F4N3O3S2. The summed E-state index contributed by atoms with van der Waals surface area (Å²) in [6.45, 7) is 1.60. The number of piperidine rings is 1. The molecule has 0 radical (unpaired) electrons. The second kappa shape index (κ2) is 11.5. The number of nitrogens with zero attached hydrogens (tertiary/aromatic N) is 2. The lowest BCUT2D eigenvalue weighted by atomic mass is 9.99. The van der Waals surface area contributed by atoms with Crippen LogP contribution in [0.5, 0.6) is 5.75 Å². The van der Waals surface area contributed by atoms with Gasteiger partial charge < -0.3 is 4.74 Å². The molecule has 36 heavy (non-hydrogen) atoms. The van der Waals surface area contributed by atoms with Gasteiger partial charge in [0, 0.05) is 25.4 Å². The third-order valence-electron chi connectivity index (χ3n) is 6.19. The Labute approximate surface area is 215 Å². The lowest BCUT2D eigenvalue weighted by molar-refractivity contribution is -0.137. The highest BCUT2D eigenvalue weighted by atomic mass is 32.2. The lowest BCUT2D eigenvalue weighted by Crippen LogP contribution is -2.33. The summed E-state index contributed by atoms with van der Waals surface area (Å²) in [5.41, 5.74) is 0.0888. The van der Waals surface area contributed by atoms with Gasteiger partial charge in [-0.3, -0.25) is 14.7 Å². The van der Waals surface area contributed by atoms with Crippen molar-refractivity contribution in [2.75, 3.05) is 30.4 Å². The van der Waals surface area contributed by atoms with Gasteiger partial charge in [0.25, 0.3) is 5.91 Å². The highest BCUT2D eigenvalue weighted by Gasteiger charge is 2.32. The van der Waals surface area contributed by atoms with E-state index in [1.165, 1.54) is 18.2 Å². The molecule has 2 aliphatic rings. The van der Waals surface area contributed by atoms with E-state index >= 15 is 0 Å². The normalized spacial score (nSPS) is 17.2. The van der Waals surface area contributed by atoms with Crippen LogP contribution < -0.4 is 13.9 Å². The zero-order valence-corrected chi connectivity index (χ0v) is 21.2. The third kappa shape index (κ3) is 6.78. The monoisotopic (exact) mass is 545 g/mol. The van der Waals surface area contributed by atoms with E-state index in [2.05, 4.69) is 4.72 Å². The van der Waals surface area contributed by atoms with E-state index in [0.29, 0.717) is 25.4 Å². The summed E-state index contributed by atoms with van der Waals surface area (Å²) in [5, 5.41) is 10.3. The number of hydrogen-bond acceptors (Lipinski definition) is 7. The van der Waals surface area contributed by atoms with Crippen LogP contribution in [-0.4, -0.2) is 41.4 Å². The van der Waals surface area contributed by atoms with Gasteiger partial charge in [-0.05, 0) is 67.3 Å². The number of anilines is 1. The van der Waals surface area contributed by atoms with E-state index in [4.69, 9.17) is 4.74 Å². The zero-order chi connectivity index (χ0) is 25.9. The van der Waals surface area contributed by atoms with Gasteiger partial charge in [-0.25, -0.2) is 8.70 Å². The third-order valence-corrected chi connectivity index (χ3v) is 7.54. The number of carbonyl (C=O) groups is 1. The first-order chi connectivity index (χ1) is 17.2. The van der Waals surface area contributed by atoms with Crippen LogP contribution in [-0.2, 0) is 6.18 Å². The molecule has 0 bridgehead atoms. The molecule has 1 saturated carbocycles. The summed E-state index contributed by atoms with van der Waals surface area (Å²) in [6.07, 6.45) is 0.666. The second-order valence-electron chi connectivity index (χ2n) is 8.87. The number of nitrogens with one attached hydrogen (secondary N) is 1. The van der Waals surface area contributed by atoms with Gasteiger partial charge in [-0.2, -0.15) is 17.6 Å². The minimum Gasteiger partial charge on any atom is -0.493 e. The Morgan fingerprint density at radius 3 is 2.56 bits per heavy atom. The molecule has 4 rings (SSSR count). The molecule has 0 unspecified atom stereocenters. The molecular weight excluding hydrogens is 518 g/mol. The fraction of sp³-hybridized carbons (Fsp3) is 0.458. The van der Waals surface area contributed by atoms with Crippen molar-refractivity contribution in [2.45, 2.75) is 37.8 Å². The number of carbonyl (C=O) groups excluding carboxylic acids is 1. The average Bonchev–Trinajstić information content (AvgIpc) is 3.69. The van der Waals surface area contributed by atoms with Crippen LogP contribution in [0.1, 0.15) is 53.1 Å². The fourth-order valence-electron chi connectivity index (χ4n) is 4.05. The Balaban J connectivity index is 1.30. The van der Waals surface area contributed by atoms with Crippen molar-refractivity contribution >= 4 is 35.7 Å². The summed E-state index contributed by atoms with van der Waals surface area (Å²) in [4.78, 5) is 12.1. The van der Waals surface area contributed by atoms with Crippen molar-refractivity contribution in [3.8, 4) is 5.75 Å². The molecule has 0 aromatic heterocycles. The first-order valence-electron chi connectivity index (χ1n) is 11.5. The first kappa shape index (κ1) is 26.9. The molecule has 2 aromatic carbocycles. The maximum atomic E-state index is 14.6. The topological polar surface area (TPSA) is 65.0 Å². The van der Waals surface area contributed by atoms with Gasteiger partial charge in [-0.1, -0.05) is 18.0 Å². The van der Waals surface area contributed by atoms with Crippen molar-refractivity contribution in [1.29, 1.82) is 0 Å². The van der Waals surface area contributed by atoms with E-state index in [1.807, 2.05) is 4.31 Å². The fourth-order valence-corrected chi connectivity index (χ4v) is 5.15. The van der Waals surface area contributed by atoms with Gasteiger partial charge in [-0.15, -0.1) is 0 Å². The summed E-state index contributed by atoms with van der Waals surface area (Å²) < 4.78 is 64.6. The molecule has 2 N–H and O–H groups in total. The van der Waals surface area contributed by atoms with E-state index < -0.39 is 23.5 Å². The molecule has 2 aromatic rings. The number of hydrogen-bond donors (Lipinski definition) is 2. The Kier molecular flexibility index (Phi) is 8.59. The van der Waals surface area contributed by atoms with Crippen LogP contribution in [0.3, 0.4) is 0 Å². The molecule has 0 atom stereocenters. The van der Waals surface area contributed by atoms with Crippen LogP contribution in [0.15, 0.2) is 36.4 Å². The molecule has 12 heteroatoms. The van der Waals surface area contributed by atoms with Gasteiger partial charge in [0.15, 0.2) is 0 Å². The first-order valence-corrected chi connectivity index (χ1v) is 13.5. The number of ether oxygens (including phenoxy) is 1. The standard InChI is InChI=1S/C24H27F4N3O3S2/c1-35-29-23(32)20-12-19(16-5-6-16)22(13-21(20)25)34-14-15-7-9-30(10-8-15)36-31(33)18-4-2-3-17(11-18)24(26,27)28/h2-4,11-13,15-16,33H,5-10,14H2,1H3,(H,29,32). The molecule has 2 fully saturated rings. The maximum absolute atomic E-state index is 14.6.